The van der Waals surface area contributed by atoms with Gasteiger partial charge in [-0.15, -0.1) is 0 Å². The van der Waals surface area contributed by atoms with Gasteiger partial charge >= 0.3 is 0 Å². The minimum atomic E-state index is 0.0767. The Balaban J connectivity index is 2.41. The van der Waals surface area contributed by atoms with Crippen molar-refractivity contribution >= 4 is 0 Å². The molecule has 0 fully saturated rings. The first-order chi connectivity index (χ1) is 9.19. The van der Waals surface area contributed by atoms with E-state index < -0.39 is 0 Å². The first kappa shape index (κ1) is 14.7. The Morgan fingerprint density at radius 1 is 1.05 bits per heavy atom. The van der Waals surface area contributed by atoms with Crippen LogP contribution in [0.1, 0.15) is 46.6 Å². The van der Waals surface area contributed by atoms with E-state index in [1.54, 1.807) is 6.07 Å². The third kappa shape index (κ3) is 3.24. The zero-order chi connectivity index (χ0) is 15.0. The van der Waals surface area contributed by atoms with Gasteiger partial charge in [-0.3, -0.25) is 0 Å². The largest absolute Gasteiger partial charge is 0.507 e. The van der Waals surface area contributed by atoms with Gasteiger partial charge in [0.15, 0.2) is 0 Å². The summed E-state index contributed by atoms with van der Waals surface area (Å²) in [6, 6.07) is 9.87. The number of aromatic nitrogens is 1. The molecule has 0 spiro atoms. The Morgan fingerprint density at radius 2 is 1.75 bits per heavy atom. The lowest BCUT2D eigenvalue weighted by Crippen LogP contribution is -2.24. The molecule has 2 heteroatoms. The van der Waals surface area contributed by atoms with E-state index in [4.69, 9.17) is 0 Å². The molecule has 0 aliphatic heterocycles. The Bertz CT molecular complexity index is 574. The maximum atomic E-state index is 10.1. The Kier molecular flexibility index (Phi) is 3.68. The Morgan fingerprint density at radius 3 is 2.30 bits per heavy atom. The molecule has 2 aromatic rings. The quantitative estimate of drug-likeness (QED) is 0.800. The van der Waals surface area contributed by atoms with Gasteiger partial charge in [0.25, 0.3) is 0 Å². The molecule has 2 N–H and O–H groups in total. The molecule has 1 aromatic heterocycles. The standard InChI is InChI=1S/C18H25NO/c1-17(2,3)12-18(4,5)13-8-9-16(20)14(11-13)15-7-6-10-19-15/h6-11,19-20H,12H2,1-5H3. The van der Waals surface area contributed by atoms with Crippen molar-refractivity contribution in [3.05, 3.63) is 42.1 Å². The molecule has 0 unspecified atom stereocenters. The Hall–Kier alpha value is -1.70. The maximum absolute atomic E-state index is 10.1. The van der Waals surface area contributed by atoms with Gasteiger partial charge in [0.1, 0.15) is 5.75 Å². The first-order valence-electron chi connectivity index (χ1n) is 7.16. The fourth-order valence-corrected chi connectivity index (χ4v) is 3.10. The van der Waals surface area contributed by atoms with E-state index >= 15 is 0 Å². The van der Waals surface area contributed by atoms with E-state index in [9.17, 15) is 5.11 Å². The summed E-state index contributed by atoms with van der Waals surface area (Å²) in [6.45, 7) is 11.3. The van der Waals surface area contributed by atoms with Crippen molar-refractivity contribution in [3.63, 3.8) is 0 Å². The molecule has 1 aromatic carbocycles. The predicted octanol–water partition coefficient (Wildman–Crippen LogP) is 5.10. The minimum Gasteiger partial charge on any atom is -0.507 e. The average Bonchev–Trinajstić information content (AvgIpc) is 2.79. The number of phenols is 1. The summed E-state index contributed by atoms with van der Waals surface area (Å²) in [4.78, 5) is 3.16. The predicted molar refractivity (Wildman–Crippen MR) is 85.0 cm³/mol. The van der Waals surface area contributed by atoms with Crippen LogP contribution >= 0.6 is 0 Å². The fraction of sp³-hybridized carbons (Fsp3) is 0.444. The average molecular weight is 271 g/mol. The number of rotatable bonds is 3. The van der Waals surface area contributed by atoms with E-state index in [1.807, 2.05) is 24.4 Å². The van der Waals surface area contributed by atoms with Crippen LogP contribution in [0.3, 0.4) is 0 Å². The van der Waals surface area contributed by atoms with E-state index in [1.165, 1.54) is 5.56 Å². The maximum Gasteiger partial charge on any atom is 0.124 e. The van der Waals surface area contributed by atoms with Crippen LogP contribution in [-0.4, -0.2) is 10.1 Å². The van der Waals surface area contributed by atoms with Crippen molar-refractivity contribution in [1.29, 1.82) is 0 Å². The Labute approximate surface area is 121 Å². The van der Waals surface area contributed by atoms with Crippen molar-refractivity contribution in [2.24, 2.45) is 5.41 Å². The highest BCUT2D eigenvalue weighted by Crippen LogP contribution is 2.39. The molecular weight excluding hydrogens is 246 g/mol. The molecule has 20 heavy (non-hydrogen) atoms. The molecule has 1 heterocycles. The fourth-order valence-electron chi connectivity index (χ4n) is 3.10. The number of hydrogen-bond acceptors (Lipinski definition) is 1. The van der Waals surface area contributed by atoms with Gasteiger partial charge in [0.2, 0.25) is 0 Å². The summed E-state index contributed by atoms with van der Waals surface area (Å²) in [5.41, 5.74) is 3.43. The van der Waals surface area contributed by atoms with Crippen molar-refractivity contribution < 1.29 is 5.11 Å². The van der Waals surface area contributed by atoms with E-state index in [0.29, 0.717) is 5.75 Å². The lowest BCUT2D eigenvalue weighted by Gasteiger charge is -2.33. The molecule has 0 saturated heterocycles. The number of aromatic hydroxyl groups is 1. The second kappa shape index (κ2) is 5.01. The lowest BCUT2D eigenvalue weighted by molar-refractivity contribution is 0.284. The first-order valence-corrected chi connectivity index (χ1v) is 7.16. The number of hydrogen-bond donors (Lipinski definition) is 2. The molecule has 0 aliphatic rings. The molecule has 2 nitrogen and oxygen atoms in total. The van der Waals surface area contributed by atoms with E-state index in [-0.39, 0.29) is 10.8 Å². The zero-order valence-electron chi connectivity index (χ0n) is 13.1. The molecule has 0 atom stereocenters. The van der Waals surface area contributed by atoms with Gasteiger partial charge in [0.05, 0.1) is 0 Å². The molecule has 0 radical (unpaired) electrons. The van der Waals surface area contributed by atoms with Crippen molar-refractivity contribution in [1.82, 2.24) is 4.98 Å². The van der Waals surface area contributed by atoms with Crippen molar-refractivity contribution in [2.75, 3.05) is 0 Å². The molecule has 108 valence electrons. The van der Waals surface area contributed by atoms with Crippen LogP contribution in [0.25, 0.3) is 11.3 Å². The molecule has 0 amide bonds. The van der Waals surface area contributed by atoms with Gasteiger partial charge in [0, 0.05) is 17.5 Å². The van der Waals surface area contributed by atoms with Crippen LogP contribution in [0.15, 0.2) is 36.5 Å². The van der Waals surface area contributed by atoms with Crippen LogP contribution in [0.2, 0.25) is 0 Å². The number of benzene rings is 1. The molecular formula is C18H25NO. The molecule has 0 bridgehead atoms. The third-order valence-corrected chi connectivity index (χ3v) is 3.64. The van der Waals surface area contributed by atoms with Crippen molar-refractivity contribution in [3.8, 4) is 17.0 Å². The van der Waals surface area contributed by atoms with Gasteiger partial charge in [-0.1, -0.05) is 40.7 Å². The summed E-state index contributed by atoms with van der Waals surface area (Å²) >= 11 is 0. The smallest absolute Gasteiger partial charge is 0.124 e. The molecule has 0 saturated carbocycles. The van der Waals surface area contributed by atoms with Crippen molar-refractivity contribution in [2.45, 2.75) is 46.5 Å². The SMILES string of the molecule is CC(C)(C)CC(C)(C)c1ccc(O)c(-c2ccc[nH]2)c1. The number of phenolic OH excluding ortho intramolecular Hbond substituents is 1. The summed E-state index contributed by atoms with van der Waals surface area (Å²) < 4.78 is 0. The zero-order valence-corrected chi connectivity index (χ0v) is 13.1. The summed E-state index contributed by atoms with van der Waals surface area (Å²) in [6.07, 6.45) is 2.97. The van der Waals surface area contributed by atoms with Gasteiger partial charge in [-0.2, -0.15) is 0 Å². The topological polar surface area (TPSA) is 36.0 Å². The lowest BCUT2D eigenvalue weighted by atomic mass is 9.72. The minimum absolute atomic E-state index is 0.0767. The van der Waals surface area contributed by atoms with E-state index in [2.05, 4.69) is 45.7 Å². The second-order valence-corrected chi connectivity index (χ2v) is 7.44. The highest BCUT2D eigenvalue weighted by molar-refractivity contribution is 5.68. The van der Waals surface area contributed by atoms with Crippen LogP contribution in [0, 0.1) is 5.41 Å². The normalized spacial score (nSPS) is 12.7. The number of nitrogens with one attached hydrogen (secondary N) is 1. The van der Waals surface area contributed by atoms with Gasteiger partial charge in [-0.25, -0.2) is 0 Å². The van der Waals surface area contributed by atoms with E-state index in [0.717, 1.165) is 17.7 Å². The van der Waals surface area contributed by atoms with Crippen LogP contribution in [0.5, 0.6) is 5.75 Å². The third-order valence-electron chi connectivity index (χ3n) is 3.64. The number of H-pyrrole nitrogens is 1. The highest BCUT2D eigenvalue weighted by Gasteiger charge is 2.27. The summed E-state index contributed by atoms with van der Waals surface area (Å²) in [7, 11) is 0. The highest BCUT2D eigenvalue weighted by atomic mass is 16.3. The molecule has 2 rings (SSSR count). The summed E-state index contributed by atoms with van der Waals surface area (Å²) in [5.74, 6) is 0.322. The molecule has 0 aliphatic carbocycles. The number of aromatic amines is 1. The van der Waals surface area contributed by atoms with Crippen LogP contribution in [-0.2, 0) is 5.41 Å². The van der Waals surface area contributed by atoms with Gasteiger partial charge < -0.3 is 10.1 Å². The second-order valence-electron chi connectivity index (χ2n) is 7.44. The van der Waals surface area contributed by atoms with Crippen LogP contribution in [0.4, 0.5) is 0 Å². The monoisotopic (exact) mass is 271 g/mol. The summed E-state index contributed by atoms with van der Waals surface area (Å²) in [5, 5.41) is 10.1. The van der Waals surface area contributed by atoms with Gasteiger partial charge in [-0.05, 0) is 47.1 Å². The van der Waals surface area contributed by atoms with Crippen LogP contribution < -0.4 is 0 Å².